The van der Waals surface area contributed by atoms with Crippen molar-refractivity contribution in [2.24, 2.45) is 0 Å². The molecule has 0 fully saturated rings. The molecule has 0 aromatic heterocycles. The van der Waals surface area contributed by atoms with Gasteiger partial charge < -0.3 is 15.5 Å². The molecule has 0 unspecified atom stereocenters. The van der Waals surface area contributed by atoms with Crippen LogP contribution in [0.1, 0.15) is 15.9 Å². The molecule has 110 valence electrons. The molecule has 2 rings (SSSR count). The van der Waals surface area contributed by atoms with Crippen molar-refractivity contribution in [3.05, 3.63) is 58.9 Å². The van der Waals surface area contributed by atoms with Gasteiger partial charge in [-0.3, -0.25) is 4.79 Å². The van der Waals surface area contributed by atoms with Crippen LogP contribution in [-0.2, 0) is 6.54 Å². The third-order valence-corrected chi connectivity index (χ3v) is 2.77. The summed E-state index contributed by atoms with van der Waals surface area (Å²) in [6.07, 6.45) is 0. The summed E-state index contributed by atoms with van der Waals surface area (Å²) in [5, 5.41) is 20.4. The summed E-state index contributed by atoms with van der Waals surface area (Å²) in [6.45, 7) is -0.0156. The van der Waals surface area contributed by atoms with Crippen LogP contribution in [0.5, 0.6) is 11.5 Å². The first kappa shape index (κ1) is 14.7. The minimum absolute atomic E-state index is 0.0156. The van der Waals surface area contributed by atoms with Gasteiger partial charge in [-0.1, -0.05) is 12.1 Å². The molecule has 0 radical (unpaired) electrons. The SMILES string of the molecule is O=C(NCc1ccc(O)cc1)c1cc(F)c(F)c(O)c1F. The second-order valence-corrected chi connectivity index (χ2v) is 4.23. The average molecular weight is 297 g/mol. The molecule has 0 bridgehead atoms. The van der Waals surface area contributed by atoms with E-state index in [2.05, 4.69) is 5.32 Å². The highest BCUT2D eigenvalue weighted by Gasteiger charge is 2.22. The normalized spacial score (nSPS) is 10.4. The van der Waals surface area contributed by atoms with Crippen molar-refractivity contribution in [3.8, 4) is 11.5 Å². The number of carbonyl (C=O) groups is 1. The van der Waals surface area contributed by atoms with Crippen molar-refractivity contribution < 1.29 is 28.2 Å². The van der Waals surface area contributed by atoms with Crippen molar-refractivity contribution in [1.82, 2.24) is 5.32 Å². The van der Waals surface area contributed by atoms with Gasteiger partial charge in [0.15, 0.2) is 17.4 Å². The van der Waals surface area contributed by atoms with Gasteiger partial charge in [0, 0.05) is 6.54 Å². The third kappa shape index (κ3) is 3.07. The second-order valence-electron chi connectivity index (χ2n) is 4.23. The lowest BCUT2D eigenvalue weighted by Gasteiger charge is -2.08. The zero-order valence-electron chi connectivity index (χ0n) is 10.5. The summed E-state index contributed by atoms with van der Waals surface area (Å²) in [6, 6.07) is 6.21. The second kappa shape index (κ2) is 5.74. The van der Waals surface area contributed by atoms with Crippen LogP contribution < -0.4 is 5.32 Å². The largest absolute Gasteiger partial charge is 0.508 e. The van der Waals surface area contributed by atoms with Crippen LogP contribution in [-0.4, -0.2) is 16.1 Å². The summed E-state index contributed by atoms with van der Waals surface area (Å²) >= 11 is 0. The van der Waals surface area contributed by atoms with Gasteiger partial charge >= 0.3 is 0 Å². The Hall–Kier alpha value is -2.70. The molecular formula is C14H10F3NO3. The molecule has 0 saturated carbocycles. The molecule has 0 saturated heterocycles. The average Bonchev–Trinajstić information content (AvgIpc) is 2.48. The van der Waals surface area contributed by atoms with E-state index in [0.717, 1.165) is 0 Å². The maximum absolute atomic E-state index is 13.5. The van der Waals surface area contributed by atoms with Crippen molar-refractivity contribution in [3.63, 3.8) is 0 Å². The van der Waals surface area contributed by atoms with Crippen LogP contribution in [0.25, 0.3) is 0 Å². The number of benzene rings is 2. The molecule has 0 heterocycles. The van der Waals surface area contributed by atoms with Crippen LogP contribution in [0.2, 0.25) is 0 Å². The fraction of sp³-hybridized carbons (Fsp3) is 0.0714. The lowest BCUT2D eigenvalue weighted by atomic mass is 10.1. The van der Waals surface area contributed by atoms with E-state index in [-0.39, 0.29) is 12.3 Å². The summed E-state index contributed by atoms with van der Waals surface area (Å²) in [7, 11) is 0. The predicted molar refractivity (Wildman–Crippen MR) is 67.3 cm³/mol. The summed E-state index contributed by atoms with van der Waals surface area (Å²) in [4.78, 5) is 11.7. The van der Waals surface area contributed by atoms with Gasteiger partial charge in [0.05, 0.1) is 5.56 Å². The maximum Gasteiger partial charge on any atom is 0.254 e. The van der Waals surface area contributed by atoms with E-state index >= 15 is 0 Å². The van der Waals surface area contributed by atoms with Gasteiger partial charge in [-0.15, -0.1) is 0 Å². The van der Waals surface area contributed by atoms with E-state index in [1.807, 2.05) is 0 Å². The quantitative estimate of drug-likeness (QED) is 0.762. The Bertz CT molecular complexity index is 687. The number of hydrogen-bond donors (Lipinski definition) is 3. The van der Waals surface area contributed by atoms with Crippen molar-refractivity contribution in [2.75, 3.05) is 0 Å². The number of aromatic hydroxyl groups is 2. The van der Waals surface area contributed by atoms with Gasteiger partial charge in [-0.25, -0.2) is 8.78 Å². The molecule has 7 heteroatoms. The monoisotopic (exact) mass is 297 g/mol. The standard InChI is InChI=1S/C14H10F3NO3/c15-10-5-9(11(16)13(20)12(10)17)14(21)18-6-7-1-3-8(19)4-2-7/h1-5,19-20H,6H2,(H,18,21). The minimum Gasteiger partial charge on any atom is -0.508 e. The van der Waals surface area contributed by atoms with Crippen molar-refractivity contribution in [1.29, 1.82) is 0 Å². The van der Waals surface area contributed by atoms with E-state index in [9.17, 15) is 18.0 Å². The summed E-state index contributed by atoms with van der Waals surface area (Å²) in [5.74, 6) is -7.30. The Morgan fingerprint density at radius 3 is 2.29 bits per heavy atom. The van der Waals surface area contributed by atoms with Crippen LogP contribution in [0.4, 0.5) is 13.2 Å². The molecule has 0 spiro atoms. The molecule has 0 atom stereocenters. The van der Waals surface area contributed by atoms with E-state index < -0.39 is 34.7 Å². The number of amides is 1. The first-order valence-electron chi connectivity index (χ1n) is 5.82. The molecule has 0 aliphatic heterocycles. The van der Waals surface area contributed by atoms with Crippen LogP contribution in [0.3, 0.4) is 0 Å². The fourth-order valence-corrected chi connectivity index (χ4v) is 1.65. The van der Waals surface area contributed by atoms with Gasteiger partial charge in [0.2, 0.25) is 5.82 Å². The Morgan fingerprint density at radius 2 is 1.67 bits per heavy atom. The Kier molecular flexibility index (Phi) is 4.02. The lowest BCUT2D eigenvalue weighted by Crippen LogP contribution is -2.24. The number of phenols is 2. The van der Waals surface area contributed by atoms with Crippen LogP contribution in [0.15, 0.2) is 30.3 Å². The Labute approximate surface area is 117 Å². The number of halogens is 3. The third-order valence-electron chi connectivity index (χ3n) is 2.77. The molecule has 2 aromatic carbocycles. The molecular weight excluding hydrogens is 287 g/mol. The van der Waals surface area contributed by atoms with Crippen LogP contribution >= 0.6 is 0 Å². The topological polar surface area (TPSA) is 69.6 Å². The number of rotatable bonds is 3. The van der Waals surface area contributed by atoms with Crippen molar-refractivity contribution >= 4 is 5.91 Å². The molecule has 3 N–H and O–H groups in total. The zero-order chi connectivity index (χ0) is 15.6. The predicted octanol–water partition coefficient (Wildman–Crippen LogP) is 2.45. The van der Waals surface area contributed by atoms with E-state index in [1.165, 1.54) is 24.3 Å². The number of carbonyl (C=O) groups excluding carboxylic acids is 1. The maximum atomic E-state index is 13.5. The van der Waals surface area contributed by atoms with Crippen molar-refractivity contribution in [2.45, 2.75) is 6.54 Å². The molecule has 2 aromatic rings. The van der Waals surface area contributed by atoms with E-state index in [4.69, 9.17) is 10.2 Å². The van der Waals surface area contributed by atoms with E-state index in [0.29, 0.717) is 11.6 Å². The lowest BCUT2D eigenvalue weighted by molar-refractivity contribution is 0.0945. The highest BCUT2D eigenvalue weighted by atomic mass is 19.2. The van der Waals surface area contributed by atoms with Gasteiger partial charge in [0.1, 0.15) is 5.75 Å². The highest BCUT2D eigenvalue weighted by molar-refractivity contribution is 5.94. The molecule has 4 nitrogen and oxygen atoms in total. The Morgan fingerprint density at radius 1 is 1.05 bits per heavy atom. The minimum atomic E-state index is -1.75. The Balaban J connectivity index is 2.16. The fourth-order valence-electron chi connectivity index (χ4n) is 1.65. The van der Waals surface area contributed by atoms with Gasteiger partial charge in [-0.05, 0) is 23.8 Å². The molecule has 0 aliphatic rings. The van der Waals surface area contributed by atoms with Crippen LogP contribution in [0, 0.1) is 17.5 Å². The first-order valence-corrected chi connectivity index (χ1v) is 5.82. The number of hydrogen-bond acceptors (Lipinski definition) is 3. The molecule has 1 amide bonds. The van der Waals surface area contributed by atoms with E-state index in [1.54, 1.807) is 0 Å². The number of phenolic OH excluding ortho intramolecular Hbond substituents is 2. The summed E-state index contributed by atoms with van der Waals surface area (Å²) < 4.78 is 39.5. The molecule has 21 heavy (non-hydrogen) atoms. The zero-order valence-corrected chi connectivity index (χ0v) is 10.5. The first-order chi connectivity index (χ1) is 9.90. The smallest absolute Gasteiger partial charge is 0.254 e. The van der Waals surface area contributed by atoms with Gasteiger partial charge in [-0.2, -0.15) is 4.39 Å². The molecule has 0 aliphatic carbocycles. The number of nitrogens with one attached hydrogen (secondary N) is 1. The van der Waals surface area contributed by atoms with Gasteiger partial charge in [0.25, 0.3) is 5.91 Å². The summed E-state index contributed by atoms with van der Waals surface area (Å²) in [5.41, 5.74) is -0.196. The highest BCUT2D eigenvalue weighted by Crippen LogP contribution is 2.25.